The molecule has 2 rings (SSSR count). The van der Waals surface area contributed by atoms with Gasteiger partial charge in [-0.1, -0.05) is 0 Å². The molecule has 0 aliphatic carbocycles. The number of nitro benzene ring substituents is 1. The maximum Gasteiger partial charge on any atom is 0.292 e. The van der Waals surface area contributed by atoms with Crippen LogP contribution in [0.15, 0.2) is 18.2 Å². The Morgan fingerprint density at radius 3 is 2.50 bits per heavy atom. The first-order chi connectivity index (χ1) is 8.61. The highest BCUT2D eigenvalue weighted by atomic mass is 16.6. The van der Waals surface area contributed by atoms with E-state index in [1.54, 1.807) is 19.2 Å². The highest BCUT2D eigenvalue weighted by Gasteiger charge is 2.23. The molecule has 98 valence electrons. The highest BCUT2D eigenvalue weighted by molar-refractivity contribution is 5.66. The lowest BCUT2D eigenvalue weighted by Crippen LogP contribution is -2.44. The molecule has 0 unspecified atom stereocenters. The highest BCUT2D eigenvalue weighted by Crippen LogP contribution is 2.32. The van der Waals surface area contributed by atoms with Gasteiger partial charge in [0.2, 0.25) is 0 Å². The van der Waals surface area contributed by atoms with Crippen molar-refractivity contribution in [1.29, 1.82) is 0 Å². The molecule has 0 saturated carbocycles. The van der Waals surface area contributed by atoms with E-state index in [2.05, 4.69) is 11.9 Å². The minimum Gasteiger partial charge on any atom is -0.497 e. The van der Waals surface area contributed by atoms with E-state index in [0.29, 0.717) is 11.4 Å². The summed E-state index contributed by atoms with van der Waals surface area (Å²) in [4.78, 5) is 15.0. The van der Waals surface area contributed by atoms with E-state index in [1.165, 1.54) is 6.07 Å². The fraction of sp³-hybridized carbons (Fsp3) is 0.500. The van der Waals surface area contributed by atoms with E-state index in [-0.39, 0.29) is 10.6 Å². The maximum absolute atomic E-state index is 11.1. The SMILES string of the molecule is COc1ccc([N+](=O)[O-])c(N2CCN(C)CC2)c1. The number of hydrogen-bond acceptors (Lipinski definition) is 5. The summed E-state index contributed by atoms with van der Waals surface area (Å²) in [5, 5.41) is 11.1. The number of methoxy groups -OCH3 is 1. The summed E-state index contributed by atoms with van der Waals surface area (Å²) in [6.07, 6.45) is 0. The van der Waals surface area contributed by atoms with Crippen molar-refractivity contribution in [3.63, 3.8) is 0 Å². The third-order valence-electron chi connectivity index (χ3n) is 3.22. The Hall–Kier alpha value is -1.82. The third kappa shape index (κ3) is 2.53. The number of nitro groups is 1. The second-order valence-corrected chi connectivity index (χ2v) is 4.40. The summed E-state index contributed by atoms with van der Waals surface area (Å²) >= 11 is 0. The van der Waals surface area contributed by atoms with Gasteiger partial charge in [0.15, 0.2) is 0 Å². The molecule has 0 N–H and O–H groups in total. The summed E-state index contributed by atoms with van der Waals surface area (Å²) in [6.45, 7) is 3.41. The monoisotopic (exact) mass is 251 g/mol. The Morgan fingerprint density at radius 1 is 1.28 bits per heavy atom. The molecule has 1 aliphatic heterocycles. The minimum atomic E-state index is -0.340. The zero-order valence-electron chi connectivity index (χ0n) is 10.6. The van der Waals surface area contributed by atoms with Gasteiger partial charge in [0, 0.05) is 38.3 Å². The fourth-order valence-electron chi connectivity index (χ4n) is 2.09. The molecule has 0 radical (unpaired) electrons. The van der Waals surface area contributed by atoms with Crippen molar-refractivity contribution >= 4 is 11.4 Å². The number of ether oxygens (including phenoxy) is 1. The molecular weight excluding hydrogens is 234 g/mol. The lowest BCUT2D eigenvalue weighted by atomic mass is 10.2. The molecule has 1 heterocycles. The van der Waals surface area contributed by atoms with Gasteiger partial charge in [0.25, 0.3) is 5.69 Å². The van der Waals surface area contributed by atoms with Gasteiger partial charge in [0.05, 0.1) is 12.0 Å². The van der Waals surface area contributed by atoms with Gasteiger partial charge in [-0.2, -0.15) is 0 Å². The van der Waals surface area contributed by atoms with Gasteiger partial charge >= 0.3 is 0 Å². The predicted octanol–water partition coefficient (Wildman–Crippen LogP) is 1.36. The molecule has 6 nitrogen and oxygen atoms in total. The maximum atomic E-state index is 11.1. The molecule has 1 aromatic rings. The van der Waals surface area contributed by atoms with Crippen LogP contribution in [0.2, 0.25) is 0 Å². The average molecular weight is 251 g/mol. The molecule has 1 aliphatic rings. The lowest BCUT2D eigenvalue weighted by molar-refractivity contribution is -0.384. The number of benzene rings is 1. The quantitative estimate of drug-likeness (QED) is 0.599. The summed E-state index contributed by atoms with van der Waals surface area (Å²) in [5.74, 6) is 0.648. The van der Waals surface area contributed by atoms with Crippen LogP contribution < -0.4 is 9.64 Å². The van der Waals surface area contributed by atoms with Gasteiger partial charge < -0.3 is 14.5 Å². The van der Waals surface area contributed by atoms with Crippen LogP contribution >= 0.6 is 0 Å². The first kappa shape index (κ1) is 12.6. The van der Waals surface area contributed by atoms with E-state index in [4.69, 9.17) is 4.74 Å². The Labute approximate surface area is 106 Å². The van der Waals surface area contributed by atoms with Gasteiger partial charge in [-0.3, -0.25) is 10.1 Å². The zero-order valence-corrected chi connectivity index (χ0v) is 10.6. The number of anilines is 1. The Balaban J connectivity index is 2.31. The van der Waals surface area contributed by atoms with Crippen molar-refractivity contribution in [2.45, 2.75) is 0 Å². The topological polar surface area (TPSA) is 58.9 Å². The van der Waals surface area contributed by atoms with Crippen LogP contribution in [0.25, 0.3) is 0 Å². The van der Waals surface area contributed by atoms with Crippen molar-refractivity contribution in [2.75, 3.05) is 45.2 Å². The van der Waals surface area contributed by atoms with Gasteiger partial charge in [-0.25, -0.2) is 0 Å². The van der Waals surface area contributed by atoms with Crippen LogP contribution in [0.5, 0.6) is 5.75 Å². The number of piperazine rings is 1. The predicted molar refractivity (Wildman–Crippen MR) is 69.4 cm³/mol. The summed E-state index contributed by atoms with van der Waals surface area (Å²) in [5.41, 5.74) is 0.785. The number of nitrogens with zero attached hydrogens (tertiary/aromatic N) is 3. The standard InChI is InChI=1S/C12H17N3O3/c1-13-5-7-14(8-6-13)12-9-10(18-2)3-4-11(12)15(16)17/h3-4,9H,5-8H2,1-2H3. The van der Waals surface area contributed by atoms with Crippen LogP contribution in [0.1, 0.15) is 0 Å². The van der Waals surface area contributed by atoms with E-state index < -0.39 is 0 Å². The van der Waals surface area contributed by atoms with Crippen LogP contribution in [0.4, 0.5) is 11.4 Å². The normalized spacial score (nSPS) is 16.7. The second kappa shape index (κ2) is 5.22. The third-order valence-corrected chi connectivity index (χ3v) is 3.22. The first-order valence-corrected chi connectivity index (χ1v) is 5.87. The van der Waals surface area contributed by atoms with Crippen molar-refractivity contribution in [3.05, 3.63) is 28.3 Å². The molecule has 1 saturated heterocycles. The van der Waals surface area contributed by atoms with E-state index in [0.717, 1.165) is 26.2 Å². The molecule has 0 atom stereocenters. The minimum absolute atomic E-state index is 0.139. The molecule has 1 fully saturated rings. The van der Waals surface area contributed by atoms with Gasteiger partial charge in [0.1, 0.15) is 11.4 Å². The summed E-state index contributed by atoms with van der Waals surface area (Å²) in [6, 6.07) is 4.87. The number of rotatable bonds is 3. The van der Waals surface area contributed by atoms with Crippen molar-refractivity contribution in [3.8, 4) is 5.75 Å². The molecular formula is C12H17N3O3. The number of hydrogen-bond donors (Lipinski definition) is 0. The Kier molecular flexibility index (Phi) is 3.66. The Bertz CT molecular complexity index is 442. The molecule has 0 amide bonds. The summed E-state index contributed by atoms with van der Waals surface area (Å²) < 4.78 is 5.14. The second-order valence-electron chi connectivity index (χ2n) is 4.40. The summed E-state index contributed by atoms with van der Waals surface area (Å²) in [7, 11) is 3.62. The molecule has 6 heteroatoms. The lowest BCUT2D eigenvalue weighted by Gasteiger charge is -2.33. The molecule has 0 aromatic heterocycles. The fourth-order valence-corrected chi connectivity index (χ4v) is 2.09. The smallest absolute Gasteiger partial charge is 0.292 e. The van der Waals surface area contributed by atoms with Crippen LogP contribution in [-0.4, -0.2) is 50.2 Å². The first-order valence-electron chi connectivity index (χ1n) is 5.87. The zero-order chi connectivity index (χ0) is 13.1. The van der Waals surface area contributed by atoms with E-state index >= 15 is 0 Å². The van der Waals surface area contributed by atoms with Crippen molar-refractivity contribution < 1.29 is 9.66 Å². The van der Waals surface area contributed by atoms with E-state index in [1.807, 2.05) is 4.90 Å². The molecule has 18 heavy (non-hydrogen) atoms. The largest absolute Gasteiger partial charge is 0.497 e. The molecule has 1 aromatic carbocycles. The van der Waals surface area contributed by atoms with E-state index in [9.17, 15) is 10.1 Å². The van der Waals surface area contributed by atoms with Crippen LogP contribution in [0, 0.1) is 10.1 Å². The van der Waals surface area contributed by atoms with Crippen molar-refractivity contribution in [2.24, 2.45) is 0 Å². The van der Waals surface area contributed by atoms with Gasteiger partial charge in [-0.15, -0.1) is 0 Å². The van der Waals surface area contributed by atoms with Crippen LogP contribution in [-0.2, 0) is 0 Å². The molecule has 0 bridgehead atoms. The Morgan fingerprint density at radius 2 is 1.94 bits per heavy atom. The van der Waals surface area contributed by atoms with Gasteiger partial charge in [-0.05, 0) is 13.1 Å². The average Bonchev–Trinajstić information content (AvgIpc) is 2.38. The van der Waals surface area contributed by atoms with Crippen LogP contribution in [0.3, 0.4) is 0 Å². The number of likely N-dealkylation sites (N-methyl/N-ethyl adjacent to an activating group) is 1. The van der Waals surface area contributed by atoms with Crippen molar-refractivity contribution in [1.82, 2.24) is 4.90 Å². The molecule has 0 spiro atoms.